The summed E-state index contributed by atoms with van der Waals surface area (Å²) in [6.45, 7) is 1.10. The lowest BCUT2D eigenvalue weighted by atomic mass is 10.1. The molecule has 9 heteroatoms. The van der Waals surface area contributed by atoms with Crippen molar-refractivity contribution in [3.63, 3.8) is 0 Å². The van der Waals surface area contributed by atoms with Crippen LogP contribution in [0.4, 0.5) is 0 Å². The highest BCUT2D eigenvalue weighted by molar-refractivity contribution is 7.89. The van der Waals surface area contributed by atoms with Crippen molar-refractivity contribution < 1.29 is 22.7 Å². The highest BCUT2D eigenvalue weighted by Gasteiger charge is 2.32. The smallest absolute Gasteiger partial charge is 0.247 e. The first-order chi connectivity index (χ1) is 13.8. The van der Waals surface area contributed by atoms with Gasteiger partial charge in [0, 0.05) is 37.3 Å². The molecule has 0 aliphatic carbocycles. The number of hydrogen-bond acceptors (Lipinski definition) is 5. The fourth-order valence-corrected chi connectivity index (χ4v) is 4.91. The van der Waals surface area contributed by atoms with E-state index in [1.54, 1.807) is 29.2 Å². The number of nitrogens with zero attached hydrogens (tertiary/aromatic N) is 2. The Bertz CT molecular complexity index is 971. The molecule has 0 N–H and O–H groups in total. The number of benzene rings is 2. The normalized spacial score (nSPS) is 15.2. The zero-order valence-corrected chi connectivity index (χ0v) is 17.9. The van der Waals surface area contributed by atoms with E-state index in [2.05, 4.69) is 0 Å². The van der Waals surface area contributed by atoms with Crippen LogP contribution in [-0.2, 0) is 21.2 Å². The molecule has 3 rings (SSSR count). The minimum Gasteiger partial charge on any atom is -0.497 e. The molecular formula is C20H23ClN2O5S. The van der Waals surface area contributed by atoms with E-state index < -0.39 is 10.0 Å². The highest BCUT2D eigenvalue weighted by atomic mass is 35.5. The SMILES string of the molecule is COc1ccc(OC)c(S(=O)(=O)N2CCN(C(=O)Cc3ccc(Cl)cc3)CC2)c1. The van der Waals surface area contributed by atoms with Crippen LogP contribution in [0.5, 0.6) is 11.5 Å². The third-order valence-electron chi connectivity index (χ3n) is 4.85. The lowest BCUT2D eigenvalue weighted by molar-refractivity contribution is -0.131. The maximum atomic E-state index is 13.1. The molecule has 0 unspecified atom stereocenters. The molecule has 0 atom stereocenters. The fourth-order valence-electron chi connectivity index (χ4n) is 3.19. The Morgan fingerprint density at radius 1 is 1.00 bits per heavy atom. The van der Waals surface area contributed by atoms with Crippen molar-refractivity contribution in [2.75, 3.05) is 40.4 Å². The second-order valence-corrected chi connectivity index (χ2v) is 8.95. The largest absolute Gasteiger partial charge is 0.497 e. The van der Waals surface area contributed by atoms with E-state index in [0.717, 1.165) is 5.56 Å². The van der Waals surface area contributed by atoms with Gasteiger partial charge >= 0.3 is 0 Å². The van der Waals surface area contributed by atoms with E-state index in [9.17, 15) is 13.2 Å². The maximum absolute atomic E-state index is 13.1. The van der Waals surface area contributed by atoms with Crippen molar-refractivity contribution in [1.29, 1.82) is 0 Å². The molecule has 0 radical (unpaired) electrons. The van der Waals surface area contributed by atoms with Gasteiger partial charge in [-0.25, -0.2) is 8.42 Å². The molecule has 1 amide bonds. The van der Waals surface area contributed by atoms with Gasteiger partial charge in [-0.2, -0.15) is 4.31 Å². The van der Waals surface area contributed by atoms with Gasteiger partial charge in [0.2, 0.25) is 15.9 Å². The summed E-state index contributed by atoms with van der Waals surface area (Å²) in [5.74, 6) is 0.650. The number of methoxy groups -OCH3 is 2. The first-order valence-electron chi connectivity index (χ1n) is 9.09. The zero-order chi connectivity index (χ0) is 21.0. The predicted octanol–water partition coefficient (Wildman–Crippen LogP) is 2.43. The molecule has 7 nitrogen and oxygen atoms in total. The molecule has 2 aromatic carbocycles. The van der Waals surface area contributed by atoms with Gasteiger partial charge in [0.25, 0.3) is 0 Å². The summed E-state index contributed by atoms with van der Waals surface area (Å²) in [5.41, 5.74) is 0.871. The van der Waals surface area contributed by atoms with E-state index in [0.29, 0.717) is 23.9 Å². The number of halogens is 1. The summed E-state index contributed by atoms with van der Waals surface area (Å²) in [6, 6.07) is 11.8. The fraction of sp³-hybridized carbons (Fsp3) is 0.350. The van der Waals surface area contributed by atoms with E-state index in [4.69, 9.17) is 21.1 Å². The second kappa shape index (κ2) is 9.02. The second-order valence-electron chi connectivity index (χ2n) is 6.60. The van der Waals surface area contributed by atoms with E-state index in [-0.39, 0.29) is 36.1 Å². The lowest BCUT2D eigenvalue weighted by Gasteiger charge is -2.34. The van der Waals surface area contributed by atoms with Crippen molar-refractivity contribution in [2.45, 2.75) is 11.3 Å². The Morgan fingerprint density at radius 2 is 1.66 bits per heavy atom. The monoisotopic (exact) mass is 438 g/mol. The predicted molar refractivity (Wildman–Crippen MR) is 110 cm³/mol. The molecular weight excluding hydrogens is 416 g/mol. The number of piperazine rings is 1. The van der Waals surface area contributed by atoms with Crippen LogP contribution < -0.4 is 9.47 Å². The summed E-state index contributed by atoms with van der Waals surface area (Å²) >= 11 is 5.87. The van der Waals surface area contributed by atoms with Crippen molar-refractivity contribution >= 4 is 27.5 Å². The van der Waals surface area contributed by atoms with Crippen LogP contribution in [0.25, 0.3) is 0 Å². The van der Waals surface area contributed by atoms with Gasteiger partial charge in [0.05, 0.1) is 20.6 Å². The molecule has 1 saturated heterocycles. The standard InChI is InChI=1S/C20H23ClN2O5S/c1-27-17-7-8-18(28-2)19(14-17)29(25,26)23-11-9-22(10-12-23)20(24)13-15-3-5-16(21)6-4-15/h3-8,14H,9-13H2,1-2H3. The minimum absolute atomic E-state index is 0.0386. The minimum atomic E-state index is -3.77. The van der Waals surface area contributed by atoms with Gasteiger partial charge in [-0.1, -0.05) is 23.7 Å². The molecule has 1 heterocycles. The van der Waals surface area contributed by atoms with E-state index >= 15 is 0 Å². The number of amides is 1. The van der Waals surface area contributed by atoms with Crippen LogP contribution in [0, 0.1) is 0 Å². The Morgan fingerprint density at radius 3 is 2.24 bits per heavy atom. The van der Waals surface area contributed by atoms with Crippen LogP contribution in [0.2, 0.25) is 5.02 Å². The third kappa shape index (κ3) is 4.83. The number of rotatable bonds is 6. The third-order valence-corrected chi connectivity index (χ3v) is 7.02. The summed E-state index contributed by atoms with van der Waals surface area (Å²) in [7, 11) is -0.874. The topological polar surface area (TPSA) is 76.2 Å². The first-order valence-corrected chi connectivity index (χ1v) is 10.9. The van der Waals surface area contributed by atoms with Crippen molar-refractivity contribution in [3.05, 3.63) is 53.1 Å². The lowest BCUT2D eigenvalue weighted by Crippen LogP contribution is -2.50. The average Bonchev–Trinajstić information content (AvgIpc) is 2.74. The van der Waals surface area contributed by atoms with Crippen LogP contribution in [0.15, 0.2) is 47.4 Å². The molecule has 0 aromatic heterocycles. The van der Waals surface area contributed by atoms with Crippen molar-refractivity contribution in [1.82, 2.24) is 9.21 Å². The summed E-state index contributed by atoms with van der Waals surface area (Å²) < 4.78 is 38.0. The van der Waals surface area contributed by atoms with Gasteiger partial charge in [-0.15, -0.1) is 0 Å². The van der Waals surface area contributed by atoms with Crippen LogP contribution in [0.1, 0.15) is 5.56 Å². The molecule has 0 bridgehead atoms. The Kier molecular flexibility index (Phi) is 6.66. The highest BCUT2D eigenvalue weighted by Crippen LogP contribution is 2.31. The van der Waals surface area contributed by atoms with Gasteiger partial charge < -0.3 is 14.4 Å². The quantitative estimate of drug-likeness (QED) is 0.692. The summed E-state index contributed by atoms with van der Waals surface area (Å²) in [6.07, 6.45) is 0.258. The van der Waals surface area contributed by atoms with E-state index in [1.807, 2.05) is 12.1 Å². The summed E-state index contributed by atoms with van der Waals surface area (Å²) in [5, 5.41) is 0.619. The van der Waals surface area contributed by atoms with Gasteiger partial charge in [-0.05, 0) is 29.8 Å². The zero-order valence-electron chi connectivity index (χ0n) is 16.3. The average molecular weight is 439 g/mol. The van der Waals surface area contributed by atoms with Crippen LogP contribution >= 0.6 is 11.6 Å². The Balaban J connectivity index is 1.68. The molecule has 0 spiro atoms. The number of sulfonamides is 1. The van der Waals surface area contributed by atoms with E-state index in [1.165, 1.54) is 24.6 Å². The Hall–Kier alpha value is -2.29. The molecule has 0 saturated carbocycles. The molecule has 29 heavy (non-hydrogen) atoms. The molecule has 1 aliphatic heterocycles. The number of carbonyl (C=O) groups excluding carboxylic acids is 1. The van der Waals surface area contributed by atoms with Crippen LogP contribution in [-0.4, -0.2) is 63.9 Å². The molecule has 2 aromatic rings. The number of hydrogen-bond donors (Lipinski definition) is 0. The molecule has 1 aliphatic rings. The molecule has 156 valence electrons. The van der Waals surface area contributed by atoms with Crippen molar-refractivity contribution in [3.8, 4) is 11.5 Å². The summed E-state index contributed by atoms with van der Waals surface area (Å²) in [4.78, 5) is 14.3. The van der Waals surface area contributed by atoms with Crippen molar-refractivity contribution in [2.24, 2.45) is 0 Å². The van der Waals surface area contributed by atoms with Crippen LogP contribution in [0.3, 0.4) is 0 Å². The first kappa shape index (κ1) is 21.4. The maximum Gasteiger partial charge on any atom is 0.247 e. The number of ether oxygens (including phenoxy) is 2. The van der Waals surface area contributed by atoms with Gasteiger partial charge in [0.15, 0.2) is 0 Å². The van der Waals surface area contributed by atoms with Gasteiger partial charge in [-0.3, -0.25) is 4.79 Å². The number of carbonyl (C=O) groups is 1. The molecule has 1 fully saturated rings. The van der Waals surface area contributed by atoms with Gasteiger partial charge in [0.1, 0.15) is 16.4 Å². The Labute approximate surface area is 175 Å².